The van der Waals surface area contributed by atoms with E-state index in [-0.39, 0.29) is 18.4 Å². The summed E-state index contributed by atoms with van der Waals surface area (Å²) >= 11 is 0. The molecular formula is C8H16N2O3. The van der Waals surface area contributed by atoms with E-state index >= 15 is 0 Å². The van der Waals surface area contributed by atoms with Crippen molar-refractivity contribution in [3.8, 4) is 0 Å². The third-order valence-electron chi connectivity index (χ3n) is 1.55. The molecule has 0 aliphatic carbocycles. The molecule has 0 bridgehead atoms. The summed E-state index contributed by atoms with van der Waals surface area (Å²) in [5, 5.41) is 2.43. The normalized spacial score (nSPS) is 9.46. The zero-order chi connectivity index (χ0) is 10.3. The van der Waals surface area contributed by atoms with E-state index in [4.69, 9.17) is 4.74 Å². The standard InChI is InChI=1S/C8H16N2O3/c1-7(11)9-6-8(12)10(2)4-5-13-3/h4-6H2,1-3H3,(H,9,11). The highest BCUT2D eigenvalue weighted by Gasteiger charge is 2.07. The maximum atomic E-state index is 11.2. The zero-order valence-corrected chi connectivity index (χ0v) is 8.29. The molecule has 0 aliphatic heterocycles. The summed E-state index contributed by atoms with van der Waals surface area (Å²) in [6.45, 7) is 2.47. The Balaban J connectivity index is 3.63. The van der Waals surface area contributed by atoms with Crippen molar-refractivity contribution in [1.82, 2.24) is 10.2 Å². The van der Waals surface area contributed by atoms with Gasteiger partial charge in [0.25, 0.3) is 0 Å². The fraction of sp³-hybridized carbons (Fsp3) is 0.750. The number of methoxy groups -OCH3 is 1. The number of ether oxygens (including phenoxy) is 1. The van der Waals surface area contributed by atoms with Crippen LogP contribution in [0.25, 0.3) is 0 Å². The van der Waals surface area contributed by atoms with Crippen LogP contribution < -0.4 is 5.32 Å². The largest absolute Gasteiger partial charge is 0.383 e. The monoisotopic (exact) mass is 188 g/mol. The molecule has 0 aromatic carbocycles. The number of nitrogens with zero attached hydrogens (tertiary/aromatic N) is 1. The minimum Gasteiger partial charge on any atom is -0.383 e. The third kappa shape index (κ3) is 6.10. The average Bonchev–Trinajstić information content (AvgIpc) is 2.10. The van der Waals surface area contributed by atoms with Gasteiger partial charge in [-0.25, -0.2) is 0 Å². The molecule has 0 heterocycles. The van der Waals surface area contributed by atoms with E-state index < -0.39 is 0 Å². The van der Waals surface area contributed by atoms with Crippen molar-refractivity contribution in [1.29, 1.82) is 0 Å². The summed E-state index contributed by atoms with van der Waals surface area (Å²) in [6.07, 6.45) is 0. The molecule has 0 aromatic heterocycles. The first-order valence-corrected chi connectivity index (χ1v) is 4.05. The lowest BCUT2D eigenvalue weighted by atomic mass is 10.5. The van der Waals surface area contributed by atoms with Crippen molar-refractivity contribution in [2.75, 3.05) is 33.9 Å². The van der Waals surface area contributed by atoms with Gasteiger partial charge in [0.05, 0.1) is 13.2 Å². The molecule has 0 unspecified atom stereocenters. The number of nitrogens with one attached hydrogen (secondary N) is 1. The van der Waals surface area contributed by atoms with Crippen LogP contribution in [0.3, 0.4) is 0 Å². The molecule has 5 nitrogen and oxygen atoms in total. The molecular weight excluding hydrogens is 172 g/mol. The number of hydrogen-bond donors (Lipinski definition) is 1. The molecule has 2 amide bonds. The van der Waals surface area contributed by atoms with Crippen molar-refractivity contribution in [2.24, 2.45) is 0 Å². The van der Waals surface area contributed by atoms with Gasteiger partial charge >= 0.3 is 0 Å². The Hall–Kier alpha value is -1.10. The Morgan fingerprint density at radius 3 is 2.54 bits per heavy atom. The molecule has 76 valence electrons. The molecule has 0 saturated heterocycles. The van der Waals surface area contributed by atoms with Gasteiger partial charge in [-0.2, -0.15) is 0 Å². The van der Waals surface area contributed by atoms with E-state index in [0.717, 1.165) is 0 Å². The molecule has 0 fully saturated rings. The quantitative estimate of drug-likeness (QED) is 0.616. The van der Waals surface area contributed by atoms with Crippen molar-refractivity contribution >= 4 is 11.8 Å². The summed E-state index contributed by atoms with van der Waals surface area (Å²) in [5.74, 6) is -0.319. The van der Waals surface area contributed by atoms with Crippen LogP contribution in [-0.2, 0) is 14.3 Å². The summed E-state index contributed by atoms with van der Waals surface area (Å²) < 4.78 is 4.81. The number of likely N-dealkylation sites (N-methyl/N-ethyl adjacent to an activating group) is 1. The SMILES string of the molecule is COCCN(C)C(=O)CNC(C)=O. The van der Waals surface area contributed by atoms with E-state index in [0.29, 0.717) is 13.2 Å². The van der Waals surface area contributed by atoms with Crippen LogP contribution >= 0.6 is 0 Å². The summed E-state index contributed by atoms with van der Waals surface area (Å²) in [5.41, 5.74) is 0. The maximum absolute atomic E-state index is 11.2. The fourth-order valence-electron chi connectivity index (χ4n) is 0.688. The molecule has 0 rings (SSSR count). The summed E-state index contributed by atoms with van der Waals surface area (Å²) in [4.78, 5) is 23.2. The average molecular weight is 188 g/mol. The summed E-state index contributed by atoms with van der Waals surface area (Å²) in [7, 11) is 3.25. The van der Waals surface area contributed by atoms with Gasteiger partial charge < -0.3 is 15.0 Å². The van der Waals surface area contributed by atoms with Gasteiger partial charge in [-0.1, -0.05) is 0 Å². The van der Waals surface area contributed by atoms with Crippen LogP contribution in [0.1, 0.15) is 6.92 Å². The second-order valence-corrected chi connectivity index (χ2v) is 2.72. The van der Waals surface area contributed by atoms with Crippen LogP contribution in [0.2, 0.25) is 0 Å². The van der Waals surface area contributed by atoms with Gasteiger partial charge in [-0.15, -0.1) is 0 Å². The summed E-state index contributed by atoms with van der Waals surface area (Å²) in [6, 6.07) is 0. The number of amides is 2. The van der Waals surface area contributed by atoms with E-state index in [1.807, 2.05) is 0 Å². The van der Waals surface area contributed by atoms with Crippen LogP contribution in [0, 0.1) is 0 Å². The van der Waals surface area contributed by atoms with Crippen LogP contribution in [0.15, 0.2) is 0 Å². The molecule has 5 heteroatoms. The minimum absolute atomic E-state index is 0.0511. The molecule has 0 aromatic rings. The van der Waals surface area contributed by atoms with E-state index in [1.165, 1.54) is 11.8 Å². The highest BCUT2D eigenvalue weighted by Crippen LogP contribution is 1.83. The van der Waals surface area contributed by atoms with Crippen LogP contribution in [0.4, 0.5) is 0 Å². The van der Waals surface area contributed by atoms with E-state index in [2.05, 4.69) is 5.32 Å². The predicted molar refractivity (Wildman–Crippen MR) is 48.2 cm³/mol. The smallest absolute Gasteiger partial charge is 0.241 e. The van der Waals surface area contributed by atoms with Crippen molar-refractivity contribution in [3.63, 3.8) is 0 Å². The number of carbonyl (C=O) groups is 2. The topological polar surface area (TPSA) is 58.6 Å². The molecule has 1 N–H and O–H groups in total. The van der Waals surface area contributed by atoms with Gasteiger partial charge in [0, 0.05) is 27.6 Å². The molecule has 0 aliphatic rings. The molecule has 0 spiro atoms. The number of carbonyl (C=O) groups excluding carboxylic acids is 2. The van der Waals surface area contributed by atoms with E-state index in [9.17, 15) is 9.59 Å². The number of rotatable bonds is 5. The first-order chi connectivity index (χ1) is 6.07. The predicted octanol–water partition coefficient (Wildman–Crippen LogP) is -0.773. The van der Waals surface area contributed by atoms with Crippen molar-refractivity contribution in [3.05, 3.63) is 0 Å². The van der Waals surface area contributed by atoms with Crippen molar-refractivity contribution < 1.29 is 14.3 Å². The van der Waals surface area contributed by atoms with E-state index in [1.54, 1.807) is 14.2 Å². The Kier molecular flexibility index (Phi) is 5.88. The zero-order valence-electron chi connectivity index (χ0n) is 8.29. The Labute approximate surface area is 78.0 Å². The lowest BCUT2D eigenvalue weighted by Crippen LogP contribution is -2.38. The lowest BCUT2D eigenvalue weighted by Gasteiger charge is -2.16. The fourth-order valence-corrected chi connectivity index (χ4v) is 0.688. The second-order valence-electron chi connectivity index (χ2n) is 2.72. The highest BCUT2D eigenvalue weighted by atomic mass is 16.5. The van der Waals surface area contributed by atoms with Crippen molar-refractivity contribution in [2.45, 2.75) is 6.92 Å². The van der Waals surface area contributed by atoms with Gasteiger partial charge in [-0.3, -0.25) is 9.59 Å². The second kappa shape index (κ2) is 6.42. The molecule has 13 heavy (non-hydrogen) atoms. The number of hydrogen-bond acceptors (Lipinski definition) is 3. The van der Waals surface area contributed by atoms with Gasteiger partial charge in [0.2, 0.25) is 11.8 Å². The maximum Gasteiger partial charge on any atom is 0.241 e. The molecule has 0 radical (unpaired) electrons. The Morgan fingerprint density at radius 2 is 2.08 bits per heavy atom. The molecule has 0 atom stereocenters. The highest BCUT2D eigenvalue weighted by molar-refractivity contribution is 5.83. The lowest BCUT2D eigenvalue weighted by molar-refractivity contribution is -0.131. The van der Waals surface area contributed by atoms with Crippen LogP contribution in [0.5, 0.6) is 0 Å². The third-order valence-corrected chi connectivity index (χ3v) is 1.55. The van der Waals surface area contributed by atoms with Gasteiger partial charge in [-0.05, 0) is 0 Å². The van der Waals surface area contributed by atoms with Gasteiger partial charge in [0.1, 0.15) is 0 Å². The first kappa shape index (κ1) is 11.9. The van der Waals surface area contributed by atoms with Gasteiger partial charge in [0.15, 0.2) is 0 Å². The minimum atomic E-state index is -0.200. The first-order valence-electron chi connectivity index (χ1n) is 4.05. The Morgan fingerprint density at radius 1 is 1.46 bits per heavy atom. The Bertz CT molecular complexity index is 182. The van der Waals surface area contributed by atoms with Crippen LogP contribution in [-0.4, -0.2) is 50.6 Å². The molecule has 0 saturated carbocycles.